The molecule has 1 atom stereocenters. The van der Waals surface area contributed by atoms with Gasteiger partial charge in [-0.2, -0.15) is 0 Å². The third kappa shape index (κ3) is 5.83. The van der Waals surface area contributed by atoms with Crippen molar-refractivity contribution in [2.24, 2.45) is 0 Å². The lowest BCUT2D eigenvalue weighted by Crippen LogP contribution is -2.48. The molecule has 190 valence electrons. The lowest BCUT2D eigenvalue weighted by Gasteiger charge is -2.38. The maximum Gasteiger partial charge on any atom is 0.410 e. The Bertz CT molecular complexity index is 1270. The van der Waals surface area contributed by atoms with E-state index in [1.165, 1.54) is 4.31 Å². The van der Waals surface area contributed by atoms with Crippen LogP contribution >= 0.6 is 0 Å². The number of hydrogen-bond donors (Lipinski definition) is 2. The number of carbonyl (C=O) groups is 2. The van der Waals surface area contributed by atoms with Crippen LogP contribution in [0.4, 0.5) is 16.2 Å². The number of nitrogens with one attached hydrogen (secondary N) is 1. The monoisotopic (exact) mass is 510 g/mol. The summed E-state index contributed by atoms with van der Waals surface area (Å²) >= 11 is -2.29. The van der Waals surface area contributed by atoms with Crippen LogP contribution in [-0.4, -0.2) is 55.4 Å². The van der Waals surface area contributed by atoms with Crippen molar-refractivity contribution in [3.63, 3.8) is 0 Å². The summed E-state index contributed by atoms with van der Waals surface area (Å²) in [6, 6.07) is 13.9. The minimum absolute atomic E-state index is 0.254. The van der Waals surface area contributed by atoms with Gasteiger partial charge in [-0.15, -0.1) is 0 Å². The number of fused-ring (bicyclic) bond motifs is 1. The lowest BCUT2D eigenvalue weighted by molar-refractivity contribution is 0.0207. The summed E-state index contributed by atoms with van der Waals surface area (Å²) in [5, 5.41) is 4.42. The van der Waals surface area contributed by atoms with Gasteiger partial charge in [0.05, 0.1) is 5.69 Å². The number of aromatic nitrogens is 1. The van der Waals surface area contributed by atoms with Crippen LogP contribution in [0.2, 0.25) is 0 Å². The third-order valence-electron chi connectivity index (χ3n) is 5.95. The number of amides is 2. The molecule has 1 aromatic heterocycles. The summed E-state index contributed by atoms with van der Waals surface area (Å²) in [7, 11) is 0. The Morgan fingerprint density at radius 3 is 2.31 bits per heavy atom. The molecular weight excluding hydrogens is 480 g/mol. The molecule has 9 nitrogen and oxygen atoms in total. The molecule has 3 aromatic rings. The zero-order valence-electron chi connectivity index (χ0n) is 20.5. The number of piperidine rings is 1. The van der Waals surface area contributed by atoms with E-state index < -0.39 is 16.9 Å². The van der Waals surface area contributed by atoms with Gasteiger partial charge in [0.15, 0.2) is 0 Å². The standard InChI is InChI=1S/C26H30N4O5S/c1-26(2,3)35-25(32)29-16-12-19(13-17-29)30(36(33)34)23-9-8-22(20-6-4-5-7-21(20)23)28-24(31)18-10-14-27-15-11-18/h4-11,14-15,19H,12-13,16-17H2,1-3H3,(H,28,31)(H,33,34). The van der Waals surface area contributed by atoms with Crippen molar-refractivity contribution >= 4 is 45.4 Å². The van der Waals surface area contributed by atoms with Gasteiger partial charge in [-0.05, 0) is 57.9 Å². The second kappa shape index (κ2) is 10.6. The van der Waals surface area contributed by atoms with Gasteiger partial charge in [0.25, 0.3) is 17.2 Å². The molecule has 1 aliphatic heterocycles. The van der Waals surface area contributed by atoms with E-state index >= 15 is 0 Å². The molecule has 1 aliphatic rings. The fraction of sp³-hybridized carbons (Fsp3) is 0.346. The van der Waals surface area contributed by atoms with Crippen molar-refractivity contribution in [3.05, 3.63) is 66.5 Å². The predicted octanol–water partition coefficient (Wildman–Crippen LogP) is 4.83. The Morgan fingerprint density at radius 1 is 1.06 bits per heavy atom. The Hall–Kier alpha value is -3.50. The highest BCUT2D eigenvalue weighted by Gasteiger charge is 2.32. The smallest absolute Gasteiger partial charge is 0.410 e. The van der Waals surface area contributed by atoms with Crippen molar-refractivity contribution in [3.8, 4) is 0 Å². The molecule has 0 radical (unpaired) electrons. The number of nitrogens with zero attached hydrogens (tertiary/aromatic N) is 3. The second-order valence-corrected chi connectivity index (χ2v) is 10.5. The average molecular weight is 511 g/mol. The van der Waals surface area contributed by atoms with E-state index in [-0.39, 0.29) is 18.0 Å². The third-order valence-corrected chi connectivity index (χ3v) is 6.78. The van der Waals surface area contributed by atoms with E-state index in [2.05, 4.69) is 10.3 Å². The topological polar surface area (TPSA) is 112 Å². The van der Waals surface area contributed by atoms with E-state index in [1.807, 2.05) is 45.0 Å². The lowest BCUT2D eigenvalue weighted by atomic mass is 10.0. The molecular formula is C26H30N4O5S. The molecule has 0 aliphatic carbocycles. The first-order valence-corrected chi connectivity index (χ1v) is 12.8. The van der Waals surface area contributed by atoms with Gasteiger partial charge in [-0.1, -0.05) is 24.3 Å². The number of anilines is 2. The maximum absolute atomic E-state index is 12.7. The highest BCUT2D eigenvalue weighted by Crippen LogP contribution is 2.36. The quantitative estimate of drug-likeness (QED) is 0.476. The van der Waals surface area contributed by atoms with Crippen molar-refractivity contribution in [2.45, 2.75) is 45.3 Å². The molecule has 0 spiro atoms. The number of likely N-dealkylation sites (tertiary alicyclic amines) is 1. The van der Waals surface area contributed by atoms with Crippen LogP contribution in [0.25, 0.3) is 10.8 Å². The van der Waals surface area contributed by atoms with Crippen LogP contribution in [0, 0.1) is 0 Å². The number of benzene rings is 2. The molecule has 4 rings (SSSR count). The van der Waals surface area contributed by atoms with Gasteiger partial charge in [0.1, 0.15) is 5.60 Å². The fourth-order valence-electron chi connectivity index (χ4n) is 4.30. The molecule has 1 unspecified atom stereocenters. The first kappa shape index (κ1) is 25.6. The van der Waals surface area contributed by atoms with E-state index in [9.17, 15) is 18.4 Å². The van der Waals surface area contributed by atoms with Crippen molar-refractivity contribution in [1.29, 1.82) is 0 Å². The molecule has 0 bridgehead atoms. The maximum atomic E-state index is 12.7. The van der Waals surface area contributed by atoms with E-state index in [0.29, 0.717) is 42.9 Å². The minimum Gasteiger partial charge on any atom is -0.444 e. The van der Waals surface area contributed by atoms with Gasteiger partial charge in [-0.3, -0.25) is 18.6 Å². The zero-order chi connectivity index (χ0) is 25.9. The largest absolute Gasteiger partial charge is 0.444 e. The molecule has 0 saturated carbocycles. The van der Waals surface area contributed by atoms with Gasteiger partial charge in [-0.25, -0.2) is 9.00 Å². The molecule has 2 amide bonds. The fourth-order valence-corrected chi connectivity index (χ4v) is 5.09. The van der Waals surface area contributed by atoms with Crippen LogP contribution in [-0.2, 0) is 16.0 Å². The summed E-state index contributed by atoms with van der Waals surface area (Å²) in [5.41, 5.74) is 1.08. The van der Waals surface area contributed by atoms with Crippen molar-refractivity contribution in [2.75, 3.05) is 22.7 Å². The van der Waals surface area contributed by atoms with E-state index in [4.69, 9.17) is 4.74 Å². The van der Waals surface area contributed by atoms with Crippen LogP contribution in [0.3, 0.4) is 0 Å². The molecule has 2 aromatic carbocycles. The Morgan fingerprint density at radius 2 is 1.69 bits per heavy atom. The summed E-state index contributed by atoms with van der Waals surface area (Å²) in [4.78, 5) is 30.7. The SMILES string of the molecule is CC(C)(C)OC(=O)N1CCC(N(c2ccc(NC(=O)c3ccncc3)c3ccccc23)S(=O)O)CC1. The second-order valence-electron chi connectivity index (χ2n) is 9.62. The van der Waals surface area contributed by atoms with Crippen molar-refractivity contribution in [1.82, 2.24) is 9.88 Å². The van der Waals surface area contributed by atoms with E-state index in [0.717, 1.165) is 10.8 Å². The number of hydrogen-bond acceptors (Lipinski definition) is 5. The number of pyridine rings is 1. The first-order valence-electron chi connectivity index (χ1n) is 11.8. The molecule has 10 heteroatoms. The van der Waals surface area contributed by atoms with Gasteiger partial charge in [0, 0.05) is 53.5 Å². The predicted molar refractivity (Wildman–Crippen MR) is 140 cm³/mol. The first-order chi connectivity index (χ1) is 17.1. The molecule has 1 saturated heterocycles. The molecule has 2 heterocycles. The average Bonchev–Trinajstić information content (AvgIpc) is 2.85. The Labute approximate surface area is 212 Å². The normalized spacial score (nSPS) is 15.4. The summed E-state index contributed by atoms with van der Waals surface area (Å²) in [6.07, 6.45) is 3.76. The van der Waals surface area contributed by atoms with Gasteiger partial charge < -0.3 is 15.0 Å². The van der Waals surface area contributed by atoms with E-state index in [1.54, 1.807) is 41.6 Å². The molecule has 2 N–H and O–H groups in total. The summed E-state index contributed by atoms with van der Waals surface area (Å²) in [5.74, 6) is -0.271. The van der Waals surface area contributed by atoms with Crippen LogP contribution in [0.15, 0.2) is 60.9 Å². The van der Waals surface area contributed by atoms with Crippen molar-refractivity contribution < 1.29 is 23.1 Å². The summed E-state index contributed by atoms with van der Waals surface area (Å²) in [6.45, 7) is 6.31. The number of ether oxygens (including phenoxy) is 1. The highest BCUT2D eigenvalue weighted by molar-refractivity contribution is 7.80. The Kier molecular flexibility index (Phi) is 7.56. The Balaban J connectivity index is 1.58. The zero-order valence-corrected chi connectivity index (χ0v) is 21.3. The van der Waals surface area contributed by atoms with Gasteiger partial charge >= 0.3 is 6.09 Å². The minimum atomic E-state index is -2.29. The van der Waals surface area contributed by atoms with Crippen LogP contribution < -0.4 is 9.62 Å². The highest BCUT2D eigenvalue weighted by atomic mass is 32.2. The number of rotatable bonds is 5. The van der Waals surface area contributed by atoms with Gasteiger partial charge in [0.2, 0.25) is 0 Å². The summed E-state index contributed by atoms with van der Waals surface area (Å²) < 4.78 is 29.8. The number of carbonyl (C=O) groups excluding carboxylic acids is 2. The van der Waals surface area contributed by atoms with Crippen LogP contribution in [0.1, 0.15) is 44.0 Å². The molecule has 1 fully saturated rings. The molecule has 36 heavy (non-hydrogen) atoms. The van der Waals surface area contributed by atoms with Crippen LogP contribution in [0.5, 0.6) is 0 Å².